The summed E-state index contributed by atoms with van der Waals surface area (Å²) >= 11 is 0. The highest BCUT2D eigenvalue weighted by Crippen LogP contribution is 2.28. The number of amides is 1. The van der Waals surface area contributed by atoms with E-state index in [0.29, 0.717) is 6.61 Å². The highest BCUT2D eigenvalue weighted by Gasteiger charge is 2.33. The third-order valence-corrected chi connectivity index (χ3v) is 3.38. The molecular weight excluding hydrogens is 339 g/mol. The molecule has 0 saturated carbocycles. The number of guanidine groups is 1. The van der Waals surface area contributed by atoms with Gasteiger partial charge in [0.25, 0.3) is 0 Å². The largest absolute Gasteiger partial charge is 0.432 e. The summed E-state index contributed by atoms with van der Waals surface area (Å²) in [6.45, 7) is 5.94. The van der Waals surface area contributed by atoms with E-state index >= 15 is 0 Å². The summed E-state index contributed by atoms with van der Waals surface area (Å²) in [5, 5.41) is 10.6. The maximum atomic E-state index is 12.6. The summed E-state index contributed by atoms with van der Waals surface area (Å²) in [4.78, 5) is 16.3. The van der Waals surface area contributed by atoms with Crippen molar-refractivity contribution in [2.75, 3.05) is 19.0 Å². The Morgan fingerprint density at radius 3 is 2.64 bits per heavy atom. The number of ether oxygens (including phenoxy) is 1. The van der Waals surface area contributed by atoms with E-state index in [1.165, 1.54) is 7.11 Å². The lowest BCUT2D eigenvalue weighted by atomic mass is 10.1. The van der Waals surface area contributed by atoms with E-state index in [0.717, 1.165) is 12.5 Å². The molecule has 0 aliphatic rings. The number of alkyl halides is 3. The number of carbonyl (C=O) groups is 1. The first-order valence-corrected chi connectivity index (χ1v) is 7.91. The minimum atomic E-state index is -4.53. The number of aromatic amines is 1. The Balaban J connectivity index is 2.87. The van der Waals surface area contributed by atoms with E-state index in [1.807, 2.05) is 18.9 Å². The highest BCUT2D eigenvalue weighted by atomic mass is 19.4. The normalized spacial score (nSPS) is 14.9. The van der Waals surface area contributed by atoms with Crippen LogP contribution < -0.4 is 10.6 Å². The van der Waals surface area contributed by atoms with Crippen LogP contribution in [0.25, 0.3) is 0 Å². The molecule has 1 amide bonds. The molecule has 1 aromatic heterocycles. The van der Waals surface area contributed by atoms with Gasteiger partial charge in [0.15, 0.2) is 5.82 Å². The van der Waals surface area contributed by atoms with Crippen LogP contribution in [0.4, 0.5) is 19.0 Å². The number of H-pyrrole nitrogens is 1. The van der Waals surface area contributed by atoms with Crippen LogP contribution >= 0.6 is 0 Å². The van der Waals surface area contributed by atoms with Gasteiger partial charge >= 0.3 is 6.18 Å². The van der Waals surface area contributed by atoms with Crippen molar-refractivity contribution in [2.24, 2.45) is 10.9 Å². The fourth-order valence-electron chi connectivity index (χ4n) is 1.89. The molecule has 0 aromatic carbocycles. The summed E-state index contributed by atoms with van der Waals surface area (Å²) in [7, 11) is 1.50. The van der Waals surface area contributed by atoms with Crippen LogP contribution in [0.15, 0.2) is 11.1 Å². The topological polar surface area (TPSA) is 91.4 Å². The summed E-state index contributed by atoms with van der Waals surface area (Å²) in [6, 6.07) is 0.495. The number of aromatic nitrogens is 2. The van der Waals surface area contributed by atoms with Crippen LogP contribution in [-0.2, 0) is 15.7 Å². The smallest absolute Gasteiger partial charge is 0.382 e. The predicted octanol–water partition coefficient (Wildman–Crippen LogP) is 2.78. The Kier molecular flexibility index (Phi) is 7.88. The minimum Gasteiger partial charge on any atom is -0.382 e. The Hall–Kier alpha value is -2.10. The number of nitrogens with one attached hydrogen (secondary N) is 3. The summed E-state index contributed by atoms with van der Waals surface area (Å²) in [5.41, 5.74) is -0.995. The fourth-order valence-corrected chi connectivity index (χ4v) is 1.89. The molecule has 142 valence electrons. The van der Waals surface area contributed by atoms with Crippen LogP contribution in [-0.4, -0.2) is 41.8 Å². The molecule has 2 unspecified atom stereocenters. The Bertz CT molecular complexity index is 586. The van der Waals surface area contributed by atoms with Gasteiger partial charge in [0, 0.05) is 19.6 Å². The standard InChI is InChI=1S/C15H24F3N5O2/c1-5-9(2)6-13(24)21-14(19-10(3)8-25-4)20-12-7-11(22-23-12)15(16,17)18/h7,9-10H,5-6,8H2,1-4H3,(H3,19,20,21,22,23,24). The molecular formula is C15H24F3N5O2. The Labute approximate surface area is 144 Å². The summed E-state index contributed by atoms with van der Waals surface area (Å²) < 4.78 is 42.9. The van der Waals surface area contributed by atoms with Gasteiger partial charge in [0.2, 0.25) is 11.9 Å². The molecule has 0 fully saturated rings. The zero-order valence-electron chi connectivity index (χ0n) is 14.7. The van der Waals surface area contributed by atoms with Crippen molar-refractivity contribution in [1.82, 2.24) is 15.5 Å². The summed E-state index contributed by atoms with van der Waals surface area (Å²) in [5.74, 6) is -0.172. The van der Waals surface area contributed by atoms with E-state index < -0.39 is 11.9 Å². The third-order valence-electron chi connectivity index (χ3n) is 3.38. The lowest BCUT2D eigenvalue weighted by Crippen LogP contribution is -2.38. The van der Waals surface area contributed by atoms with Crippen molar-refractivity contribution in [1.29, 1.82) is 0 Å². The van der Waals surface area contributed by atoms with E-state index in [2.05, 4.69) is 20.7 Å². The minimum absolute atomic E-state index is 0.0260. The molecule has 1 rings (SSSR count). The number of halogens is 3. The predicted molar refractivity (Wildman–Crippen MR) is 88.2 cm³/mol. The molecule has 1 heterocycles. The van der Waals surface area contributed by atoms with E-state index in [9.17, 15) is 18.0 Å². The van der Waals surface area contributed by atoms with Gasteiger partial charge < -0.3 is 10.1 Å². The quantitative estimate of drug-likeness (QED) is 0.513. The second-order valence-electron chi connectivity index (χ2n) is 5.84. The van der Waals surface area contributed by atoms with Crippen molar-refractivity contribution in [2.45, 2.75) is 45.8 Å². The molecule has 0 radical (unpaired) electrons. The zero-order chi connectivity index (χ0) is 19.0. The van der Waals surface area contributed by atoms with Crippen molar-refractivity contribution in [3.63, 3.8) is 0 Å². The maximum Gasteiger partial charge on any atom is 0.432 e. The van der Waals surface area contributed by atoms with Crippen LogP contribution in [0.1, 0.15) is 39.3 Å². The molecule has 10 heteroatoms. The van der Waals surface area contributed by atoms with Gasteiger partial charge in [0.05, 0.1) is 12.6 Å². The van der Waals surface area contributed by atoms with Crippen LogP contribution in [0.3, 0.4) is 0 Å². The second-order valence-corrected chi connectivity index (χ2v) is 5.84. The maximum absolute atomic E-state index is 12.6. The average Bonchev–Trinajstić information content (AvgIpc) is 2.95. The number of methoxy groups -OCH3 is 1. The van der Waals surface area contributed by atoms with Gasteiger partial charge in [-0.1, -0.05) is 20.3 Å². The first kappa shape index (κ1) is 20.9. The second kappa shape index (κ2) is 9.40. The fraction of sp³-hybridized carbons (Fsp3) is 0.667. The molecule has 2 atom stereocenters. The third kappa shape index (κ3) is 7.55. The number of nitrogens with zero attached hydrogens (tertiary/aromatic N) is 2. The first-order chi connectivity index (χ1) is 11.7. The number of rotatable bonds is 7. The van der Waals surface area contributed by atoms with Gasteiger partial charge in [-0.2, -0.15) is 18.3 Å². The van der Waals surface area contributed by atoms with E-state index in [-0.39, 0.29) is 36.1 Å². The van der Waals surface area contributed by atoms with Gasteiger partial charge in [-0.3, -0.25) is 15.2 Å². The van der Waals surface area contributed by atoms with Gasteiger partial charge in [-0.25, -0.2) is 4.99 Å². The number of anilines is 1. The van der Waals surface area contributed by atoms with Crippen molar-refractivity contribution in [3.05, 3.63) is 11.8 Å². The SMILES string of the molecule is CCC(C)CC(=O)NC(=NC(C)COC)Nc1cc(C(F)(F)F)[nH]n1. The Morgan fingerprint density at radius 2 is 2.12 bits per heavy atom. The molecule has 0 spiro atoms. The molecule has 1 aromatic rings. The molecule has 25 heavy (non-hydrogen) atoms. The van der Waals surface area contributed by atoms with Gasteiger partial charge in [-0.15, -0.1) is 0 Å². The van der Waals surface area contributed by atoms with Gasteiger partial charge in [0.1, 0.15) is 5.69 Å². The number of hydrogen-bond donors (Lipinski definition) is 3. The highest BCUT2D eigenvalue weighted by molar-refractivity contribution is 6.03. The van der Waals surface area contributed by atoms with Crippen molar-refractivity contribution < 1.29 is 22.7 Å². The van der Waals surface area contributed by atoms with Crippen molar-refractivity contribution >= 4 is 17.7 Å². The molecule has 3 N–H and O–H groups in total. The van der Waals surface area contributed by atoms with E-state index in [1.54, 1.807) is 6.92 Å². The molecule has 0 aliphatic heterocycles. The monoisotopic (exact) mass is 363 g/mol. The van der Waals surface area contributed by atoms with Crippen LogP contribution in [0, 0.1) is 5.92 Å². The molecule has 0 bridgehead atoms. The lowest BCUT2D eigenvalue weighted by Gasteiger charge is -2.14. The Morgan fingerprint density at radius 1 is 1.44 bits per heavy atom. The van der Waals surface area contributed by atoms with E-state index in [4.69, 9.17) is 4.74 Å². The summed E-state index contributed by atoms with van der Waals surface area (Å²) in [6.07, 6.45) is -3.42. The lowest BCUT2D eigenvalue weighted by molar-refractivity contribution is -0.141. The molecule has 0 aliphatic carbocycles. The number of aliphatic imine (C=N–C) groups is 1. The van der Waals surface area contributed by atoms with Crippen LogP contribution in [0.2, 0.25) is 0 Å². The zero-order valence-corrected chi connectivity index (χ0v) is 14.7. The van der Waals surface area contributed by atoms with Crippen molar-refractivity contribution in [3.8, 4) is 0 Å². The molecule has 0 saturated heterocycles. The molecule has 7 nitrogen and oxygen atoms in total. The first-order valence-electron chi connectivity index (χ1n) is 7.91. The number of hydrogen-bond acceptors (Lipinski definition) is 4. The van der Waals surface area contributed by atoms with Crippen LogP contribution in [0.5, 0.6) is 0 Å². The van der Waals surface area contributed by atoms with Gasteiger partial charge in [-0.05, 0) is 12.8 Å². The number of carbonyl (C=O) groups excluding carboxylic acids is 1. The average molecular weight is 363 g/mol.